The van der Waals surface area contributed by atoms with Gasteiger partial charge in [0.1, 0.15) is 0 Å². The second-order valence-electron chi connectivity index (χ2n) is 6.44. The Morgan fingerprint density at radius 2 is 2.05 bits per heavy atom. The highest BCUT2D eigenvalue weighted by Gasteiger charge is 2.24. The van der Waals surface area contributed by atoms with Gasteiger partial charge in [0, 0.05) is 13.0 Å². The summed E-state index contributed by atoms with van der Waals surface area (Å²) in [6.45, 7) is 11.3. The summed E-state index contributed by atoms with van der Waals surface area (Å²) in [7, 11) is 0. The first-order valence-electron chi connectivity index (χ1n) is 7.57. The quantitative estimate of drug-likeness (QED) is 0.812. The molecule has 0 aliphatic rings. The Balaban J connectivity index is 2.04. The number of para-hydroxylation sites is 1. The van der Waals surface area contributed by atoms with Gasteiger partial charge in [0.25, 0.3) is 0 Å². The van der Waals surface area contributed by atoms with Crippen LogP contribution in [0.1, 0.15) is 39.1 Å². The Kier molecular flexibility index (Phi) is 5.17. The Hall–Kier alpha value is -0.930. The summed E-state index contributed by atoms with van der Waals surface area (Å²) >= 11 is 1.84. The van der Waals surface area contributed by atoms with Crippen molar-refractivity contribution in [3.05, 3.63) is 29.3 Å². The van der Waals surface area contributed by atoms with Crippen LogP contribution in [0.5, 0.6) is 0 Å². The fourth-order valence-corrected chi connectivity index (χ4v) is 3.52. The summed E-state index contributed by atoms with van der Waals surface area (Å²) in [5.41, 5.74) is 1.43. The zero-order valence-corrected chi connectivity index (χ0v) is 13.9. The lowest BCUT2D eigenvalue weighted by molar-refractivity contribution is 0.285. The van der Waals surface area contributed by atoms with Crippen LogP contribution < -0.4 is 5.32 Å². The van der Waals surface area contributed by atoms with E-state index in [-0.39, 0.29) is 0 Å². The standard InChI is InChI=1S/C17H26N2S/c1-5-17(4,12-18-11-13(2)3)10-16-19-14-8-6-7-9-15(14)20-16/h6-9,13,18H,5,10-12H2,1-4H3. The highest BCUT2D eigenvalue weighted by atomic mass is 32.1. The smallest absolute Gasteiger partial charge is 0.0944 e. The summed E-state index contributed by atoms with van der Waals surface area (Å²) in [4.78, 5) is 4.78. The van der Waals surface area contributed by atoms with Crippen LogP contribution in [0.15, 0.2) is 24.3 Å². The minimum atomic E-state index is 0.294. The van der Waals surface area contributed by atoms with E-state index in [1.165, 1.54) is 16.1 Å². The average Bonchev–Trinajstić information content (AvgIpc) is 2.80. The molecule has 1 atom stereocenters. The number of fused-ring (bicyclic) bond motifs is 1. The largest absolute Gasteiger partial charge is 0.316 e. The van der Waals surface area contributed by atoms with Gasteiger partial charge in [-0.3, -0.25) is 0 Å². The van der Waals surface area contributed by atoms with Gasteiger partial charge in [-0.2, -0.15) is 0 Å². The number of benzene rings is 1. The molecule has 1 aromatic heterocycles. The number of hydrogen-bond acceptors (Lipinski definition) is 3. The van der Waals surface area contributed by atoms with Gasteiger partial charge in [-0.05, 0) is 36.4 Å². The van der Waals surface area contributed by atoms with Crippen molar-refractivity contribution in [3.63, 3.8) is 0 Å². The van der Waals surface area contributed by atoms with E-state index in [0.29, 0.717) is 11.3 Å². The molecule has 1 N–H and O–H groups in total. The number of nitrogens with zero attached hydrogens (tertiary/aromatic N) is 1. The molecule has 0 radical (unpaired) electrons. The van der Waals surface area contributed by atoms with Gasteiger partial charge in [-0.15, -0.1) is 11.3 Å². The third-order valence-corrected chi connectivity index (χ3v) is 4.91. The first kappa shape index (κ1) is 15.5. The highest BCUT2D eigenvalue weighted by Crippen LogP contribution is 2.30. The van der Waals surface area contributed by atoms with Crippen molar-refractivity contribution in [2.75, 3.05) is 13.1 Å². The minimum absolute atomic E-state index is 0.294. The van der Waals surface area contributed by atoms with Crippen molar-refractivity contribution >= 4 is 21.6 Å². The molecule has 0 aliphatic heterocycles. The number of nitrogens with one attached hydrogen (secondary N) is 1. The molecule has 20 heavy (non-hydrogen) atoms. The summed E-state index contributed by atoms with van der Waals surface area (Å²) in [6, 6.07) is 8.43. The molecule has 0 bridgehead atoms. The SMILES string of the molecule is CCC(C)(CNCC(C)C)Cc1nc2ccccc2s1. The van der Waals surface area contributed by atoms with Crippen LogP contribution in [0.4, 0.5) is 0 Å². The van der Waals surface area contributed by atoms with Gasteiger partial charge in [0.15, 0.2) is 0 Å². The molecule has 2 aromatic rings. The number of rotatable bonds is 7. The number of thiazole rings is 1. The van der Waals surface area contributed by atoms with Crippen LogP contribution in [0, 0.1) is 11.3 Å². The zero-order chi connectivity index (χ0) is 14.6. The predicted molar refractivity (Wildman–Crippen MR) is 89.4 cm³/mol. The molecule has 0 amide bonds. The van der Waals surface area contributed by atoms with Crippen molar-refractivity contribution in [2.45, 2.75) is 40.5 Å². The maximum atomic E-state index is 4.78. The molecule has 1 heterocycles. The van der Waals surface area contributed by atoms with Crippen molar-refractivity contribution in [1.29, 1.82) is 0 Å². The van der Waals surface area contributed by atoms with Crippen molar-refractivity contribution < 1.29 is 0 Å². The molecule has 0 saturated carbocycles. The number of aromatic nitrogens is 1. The van der Waals surface area contributed by atoms with Gasteiger partial charge in [0.05, 0.1) is 15.2 Å². The molecule has 0 fully saturated rings. The van der Waals surface area contributed by atoms with E-state index in [9.17, 15) is 0 Å². The Morgan fingerprint density at radius 1 is 1.30 bits per heavy atom. The van der Waals surface area contributed by atoms with Gasteiger partial charge < -0.3 is 5.32 Å². The van der Waals surface area contributed by atoms with Gasteiger partial charge >= 0.3 is 0 Å². The molecule has 110 valence electrons. The number of hydrogen-bond donors (Lipinski definition) is 1. The van der Waals surface area contributed by atoms with E-state index in [0.717, 1.165) is 25.0 Å². The van der Waals surface area contributed by atoms with E-state index in [1.807, 2.05) is 11.3 Å². The average molecular weight is 290 g/mol. The van der Waals surface area contributed by atoms with Crippen molar-refractivity contribution in [2.24, 2.45) is 11.3 Å². The molecule has 3 heteroatoms. The molecular formula is C17H26N2S. The summed E-state index contributed by atoms with van der Waals surface area (Å²) in [5, 5.41) is 4.87. The van der Waals surface area contributed by atoms with Gasteiger partial charge in [-0.25, -0.2) is 4.98 Å². The summed E-state index contributed by atoms with van der Waals surface area (Å²) in [6.07, 6.45) is 2.24. The Labute approximate surface area is 126 Å². The zero-order valence-electron chi connectivity index (χ0n) is 13.1. The first-order valence-corrected chi connectivity index (χ1v) is 8.39. The monoisotopic (exact) mass is 290 g/mol. The van der Waals surface area contributed by atoms with Gasteiger partial charge in [0.2, 0.25) is 0 Å². The molecule has 0 saturated heterocycles. The molecule has 0 aliphatic carbocycles. The van der Waals surface area contributed by atoms with Crippen LogP contribution in [-0.4, -0.2) is 18.1 Å². The third kappa shape index (κ3) is 4.03. The molecule has 0 spiro atoms. The Morgan fingerprint density at radius 3 is 2.70 bits per heavy atom. The van der Waals surface area contributed by atoms with Crippen molar-refractivity contribution in [3.8, 4) is 0 Å². The minimum Gasteiger partial charge on any atom is -0.316 e. The fraction of sp³-hybridized carbons (Fsp3) is 0.588. The van der Waals surface area contributed by atoms with Crippen LogP contribution in [0.25, 0.3) is 10.2 Å². The second kappa shape index (κ2) is 6.68. The van der Waals surface area contributed by atoms with E-state index in [4.69, 9.17) is 4.98 Å². The fourth-order valence-electron chi connectivity index (χ4n) is 2.34. The maximum Gasteiger partial charge on any atom is 0.0944 e. The van der Waals surface area contributed by atoms with E-state index >= 15 is 0 Å². The predicted octanol–water partition coefficient (Wildman–Crippen LogP) is 4.50. The lowest BCUT2D eigenvalue weighted by atomic mass is 9.84. The lowest BCUT2D eigenvalue weighted by Gasteiger charge is -2.28. The summed E-state index contributed by atoms with van der Waals surface area (Å²) < 4.78 is 1.30. The molecule has 1 unspecified atom stereocenters. The summed E-state index contributed by atoms with van der Waals surface area (Å²) in [5.74, 6) is 0.707. The normalized spacial score (nSPS) is 14.8. The molecule has 1 aromatic carbocycles. The van der Waals surface area contributed by atoms with Crippen LogP contribution in [-0.2, 0) is 6.42 Å². The molecular weight excluding hydrogens is 264 g/mol. The van der Waals surface area contributed by atoms with Crippen LogP contribution >= 0.6 is 11.3 Å². The molecule has 2 rings (SSSR count). The van der Waals surface area contributed by atoms with Crippen LogP contribution in [0.3, 0.4) is 0 Å². The van der Waals surface area contributed by atoms with E-state index in [2.05, 4.69) is 57.3 Å². The highest BCUT2D eigenvalue weighted by molar-refractivity contribution is 7.18. The maximum absolute atomic E-state index is 4.78. The molecule has 2 nitrogen and oxygen atoms in total. The van der Waals surface area contributed by atoms with E-state index < -0.39 is 0 Å². The van der Waals surface area contributed by atoms with Gasteiger partial charge in [-0.1, -0.05) is 39.8 Å². The van der Waals surface area contributed by atoms with E-state index in [1.54, 1.807) is 0 Å². The first-order chi connectivity index (χ1) is 9.52. The third-order valence-electron chi connectivity index (χ3n) is 3.87. The van der Waals surface area contributed by atoms with Crippen LogP contribution in [0.2, 0.25) is 0 Å². The second-order valence-corrected chi connectivity index (χ2v) is 7.56. The lowest BCUT2D eigenvalue weighted by Crippen LogP contribution is -2.35. The van der Waals surface area contributed by atoms with Crippen molar-refractivity contribution in [1.82, 2.24) is 10.3 Å². The topological polar surface area (TPSA) is 24.9 Å². The Bertz CT molecular complexity index is 514.